The van der Waals surface area contributed by atoms with E-state index in [9.17, 15) is 9.59 Å². The lowest BCUT2D eigenvalue weighted by Gasteiger charge is -2.34. The highest BCUT2D eigenvalue weighted by Crippen LogP contribution is 2.20. The van der Waals surface area contributed by atoms with Crippen molar-refractivity contribution in [2.24, 2.45) is 5.16 Å². The molecule has 7 heteroatoms. The molecule has 2 aliphatic heterocycles. The molecule has 3 heterocycles. The zero-order valence-electron chi connectivity index (χ0n) is 13.1. The Hall–Kier alpha value is -2.44. The largest absolute Gasteiger partial charge is 0.391 e. The smallest absolute Gasteiger partial charge is 0.256 e. The Morgan fingerprint density at radius 2 is 2.26 bits per heavy atom. The second-order valence-electron chi connectivity index (χ2n) is 5.90. The Kier molecular flexibility index (Phi) is 4.55. The number of nitrogens with zero attached hydrogens (tertiary/aromatic N) is 3. The van der Waals surface area contributed by atoms with E-state index < -0.39 is 6.04 Å². The maximum absolute atomic E-state index is 12.7. The van der Waals surface area contributed by atoms with Crippen molar-refractivity contribution in [1.82, 2.24) is 15.2 Å². The minimum Gasteiger partial charge on any atom is -0.391 e. The molecule has 0 bridgehead atoms. The van der Waals surface area contributed by atoms with Gasteiger partial charge < -0.3 is 15.1 Å². The van der Waals surface area contributed by atoms with Gasteiger partial charge in [-0.15, -0.1) is 0 Å². The molecule has 122 valence electrons. The average Bonchev–Trinajstić information content (AvgIpc) is 3.00. The third-order valence-corrected chi connectivity index (χ3v) is 4.07. The molecule has 2 aliphatic rings. The molecular formula is C16H20N4O3. The number of hydrogen-bond acceptors (Lipinski definition) is 5. The molecule has 1 aromatic rings. The standard InChI is InChI=1S/C16H20N4O3/c1-11-9-14(19-23-11)18-15(21)13-6-2-3-8-20(13)16(22)12-5-4-7-17-10-12/h4-5,7,10-11,13H,2-3,6,8-9H2,1H3,(H,18,19,21). The van der Waals surface area contributed by atoms with Crippen molar-refractivity contribution in [3.63, 3.8) is 0 Å². The van der Waals surface area contributed by atoms with Gasteiger partial charge in [-0.3, -0.25) is 14.6 Å². The van der Waals surface area contributed by atoms with Gasteiger partial charge in [0.25, 0.3) is 5.91 Å². The third kappa shape index (κ3) is 3.49. The maximum Gasteiger partial charge on any atom is 0.256 e. The van der Waals surface area contributed by atoms with Gasteiger partial charge >= 0.3 is 0 Å². The van der Waals surface area contributed by atoms with Crippen LogP contribution in [0.4, 0.5) is 0 Å². The molecule has 3 rings (SSSR count). The molecule has 0 spiro atoms. The highest BCUT2D eigenvalue weighted by atomic mass is 16.6. The van der Waals surface area contributed by atoms with Crippen LogP contribution in [0.15, 0.2) is 29.7 Å². The van der Waals surface area contributed by atoms with Crippen molar-refractivity contribution in [3.05, 3.63) is 30.1 Å². The molecular weight excluding hydrogens is 296 g/mol. The van der Waals surface area contributed by atoms with Crippen molar-refractivity contribution in [1.29, 1.82) is 0 Å². The van der Waals surface area contributed by atoms with E-state index in [-0.39, 0.29) is 17.9 Å². The Labute approximate surface area is 134 Å². The minimum atomic E-state index is -0.477. The third-order valence-electron chi connectivity index (χ3n) is 4.07. The number of likely N-dealkylation sites (tertiary alicyclic amines) is 1. The number of amidine groups is 1. The van der Waals surface area contributed by atoms with Crippen LogP contribution >= 0.6 is 0 Å². The van der Waals surface area contributed by atoms with Gasteiger partial charge in [0, 0.05) is 25.4 Å². The van der Waals surface area contributed by atoms with E-state index in [2.05, 4.69) is 15.5 Å². The molecule has 1 aromatic heterocycles. The number of amides is 2. The van der Waals surface area contributed by atoms with Gasteiger partial charge in [-0.2, -0.15) is 0 Å². The van der Waals surface area contributed by atoms with Crippen molar-refractivity contribution in [3.8, 4) is 0 Å². The van der Waals surface area contributed by atoms with E-state index in [0.29, 0.717) is 30.8 Å². The molecule has 1 N–H and O–H groups in total. The van der Waals surface area contributed by atoms with E-state index in [4.69, 9.17) is 4.84 Å². The number of piperidine rings is 1. The van der Waals surface area contributed by atoms with Crippen molar-refractivity contribution < 1.29 is 14.4 Å². The Morgan fingerprint density at radius 1 is 1.39 bits per heavy atom. The first kappa shape index (κ1) is 15.5. The van der Waals surface area contributed by atoms with Crippen LogP contribution in [0.1, 0.15) is 43.0 Å². The minimum absolute atomic E-state index is 0.0233. The lowest BCUT2D eigenvalue weighted by Crippen LogP contribution is -2.52. The van der Waals surface area contributed by atoms with Gasteiger partial charge in [-0.1, -0.05) is 5.16 Å². The number of carbonyl (C=O) groups excluding carboxylic acids is 2. The van der Waals surface area contributed by atoms with Crippen LogP contribution in [0.2, 0.25) is 0 Å². The Morgan fingerprint density at radius 3 is 2.96 bits per heavy atom. The monoisotopic (exact) mass is 316 g/mol. The SMILES string of the molecule is CC1CC(NC(=O)C2CCCCN2C(=O)c2cccnc2)=NO1. The van der Waals surface area contributed by atoms with Gasteiger partial charge in [0.05, 0.1) is 5.56 Å². The summed E-state index contributed by atoms with van der Waals surface area (Å²) in [6.45, 7) is 2.46. The molecule has 7 nitrogen and oxygen atoms in total. The number of pyridine rings is 1. The predicted octanol–water partition coefficient (Wildman–Crippen LogP) is 1.31. The molecule has 0 aliphatic carbocycles. The van der Waals surface area contributed by atoms with Gasteiger partial charge in [-0.25, -0.2) is 0 Å². The fraction of sp³-hybridized carbons (Fsp3) is 0.500. The fourth-order valence-electron chi connectivity index (χ4n) is 2.90. The van der Waals surface area contributed by atoms with Crippen LogP contribution in [0.3, 0.4) is 0 Å². The lowest BCUT2D eigenvalue weighted by atomic mass is 10.00. The van der Waals surface area contributed by atoms with E-state index in [0.717, 1.165) is 12.8 Å². The summed E-state index contributed by atoms with van der Waals surface area (Å²) < 4.78 is 0. The number of rotatable bonds is 2. The van der Waals surface area contributed by atoms with Gasteiger partial charge in [0.1, 0.15) is 12.1 Å². The Bertz CT molecular complexity index is 617. The fourth-order valence-corrected chi connectivity index (χ4v) is 2.90. The van der Waals surface area contributed by atoms with Crippen LogP contribution in [0.5, 0.6) is 0 Å². The number of hydrogen-bond donors (Lipinski definition) is 1. The van der Waals surface area contributed by atoms with Crippen LogP contribution in [-0.4, -0.2) is 46.2 Å². The average molecular weight is 316 g/mol. The first-order chi connectivity index (χ1) is 11.1. The summed E-state index contributed by atoms with van der Waals surface area (Å²) in [5, 5.41) is 6.64. The highest BCUT2D eigenvalue weighted by molar-refractivity contribution is 6.03. The quantitative estimate of drug-likeness (QED) is 0.892. The van der Waals surface area contributed by atoms with E-state index in [1.165, 1.54) is 6.20 Å². The molecule has 2 amide bonds. The topological polar surface area (TPSA) is 83.9 Å². The number of nitrogens with one attached hydrogen (secondary N) is 1. The Balaban J connectivity index is 1.71. The van der Waals surface area contributed by atoms with Crippen LogP contribution in [0, 0.1) is 0 Å². The number of oxime groups is 1. The summed E-state index contributed by atoms with van der Waals surface area (Å²) in [5.41, 5.74) is 0.502. The van der Waals surface area contributed by atoms with E-state index in [1.54, 1.807) is 23.2 Å². The molecule has 0 radical (unpaired) electrons. The second-order valence-corrected chi connectivity index (χ2v) is 5.90. The summed E-state index contributed by atoms with van der Waals surface area (Å²) in [6, 6.07) is 2.96. The first-order valence-corrected chi connectivity index (χ1v) is 7.89. The number of carbonyl (C=O) groups is 2. The second kappa shape index (κ2) is 6.76. The summed E-state index contributed by atoms with van der Waals surface area (Å²) in [6.07, 6.45) is 6.19. The number of aromatic nitrogens is 1. The normalized spacial score (nSPS) is 23.9. The van der Waals surface area contributed by atoms with Gasteiger partial charge in [-0.05, 0) is 38.3 Å². The molecule has 1 fully saturated rings. The van der Waals surface area contributed by atoms with Crippen LogP contribution in [-0.2, 0) is 9.63 Å². The highest BCUT2D eigenvalue weighted by Gasteiger charge is 2.33. The molecule has 2 atom stereocenters. The predicted molar refractivity (Wildman–Crippen MR) is 83.7 cm³/mol. The zero-order valence-corrected chi connectivity index (χ0v) is 13.1. The molecule has 1 saturated heterocycles. The summed E-state index contributed by atoms with van der Waals surface area (Å²) in [4.78, 5) is 35.9. The van der Waals surface area contributed by atoms with Gasteiger partial charge in [0.2, 0.25) is 5.91 Å². The van der Waals surface area contributed by atoms with E-state index in [1.807, 2.05) is 6.92 Å². The summed E-state index contributed by atoms with van der Waals surface area (Å²) >= 11 is 0. The van der Waals surface area contributed by atoms with Crippen LogP contribution in [0.25, 0.3) is 0 Å². The molecule has 2 unspecified atom stereocenters. The summed E-state index contributed by atoms with van der Waals surface area (Å²) in [5.74, 6) is 0.177. The lowest BCUT2D eigenvalue weighted by molar-refractivity contribution is -0.125. The van der Waals surface area contributed by atoms with Crippen molar-refractivity contribution in [2.45, 2.75) is 44.8 Å². The maximum atomic E-state index is 12.7. The van der Waals surface area contributed by atoms with Crippen LogP contribution < -0.4 is 5.32 Å². The zero-order chi connectivity index (χ0) is 16.2. The van der Waals surface area contributed by atoms with E-state index >= 15 is 0 Å². The summed E-state index contributed by atoms with van der Waals surface area (Å²) in [7, 11) is 0. The van der Waals surface area contributed by atoms with Crippen molar-refractivity contribution in [2.75, 3.05) is 6.54 Å². The van der Waals surface area contributed by atoms with Gasteiger partial charge in [0.15, 0.2) is 5.84 Å². The molecule has 0 aromatic carbocycles. The molecule has 0 saturated carbocycles. The first-order valence-electron chi connectivity index (χ1n) is 7.89. The molecule has 23 heavy (non-hydrogen) atoms. The van der Waals surface area contributed by atoms with Crippen molar-refractivity contribution >= 4 is 17.6 Å².